The van der Waals surface area contributed by atoms with Gasteiger partial charge < -0.3 is 4.90 Å². The van der Waals surface area contributed by atoms with Gasteiger partial charge in [-0.1, -0.05) is 36.8 Å². The molecular formula is C24H26FN3O3S. The van der Waals surface area contributed by atoms with Gasteiger partial charge in [-0.05, 0) is 44.0 Å². The van der Waals surface area contributed by atoms with Gasteiger partial charge in [0.15, 0.2) is 9.84 Å². The van der Waals surface area contributed by atoms with Crippen LogP contribution >= 0.6 is 0 Å². The molecule has 1 atom stereocenters. The molecule has 168 valence electrons. The Morgan fingerprint density at radius 2 is 1.84 bits per heavy atom. The number of aryl methyl sites for hydroxylation is 1. The van der Waals surface area contributed by atoms with Crippen LogP contribution in [0.2, 0.25) is 0 Å². The Morgan fingerprint density at radius 1 is 1.16 bits per heavy atom. The molecule has 0 aliphatic carbocycles. The molecule has 0 bridgehead atoms. The van der Waals surface area contributed by atoms with Gasteiger partial charge >= 0.3 is 0 Å². The topological polar surface area (TPSA) is 72.3 Å². The average Bonchev–Trinajstić information content (AvgIpc) is 3.36. The molecule has 1 aliphatic rings. The maximum absolute atomic E-state index is 13.7. The van der Waals surface area contributed by atoms with Crippen molar-refractivity contribution in [3.8, 4) is 16.9 Å². The molecule has 4 rings (SSSR count). The van der Waals surface area contributed by atoms with Gasteiger partial charge in [-0.25, -0.2) is 17.5 Å². The fraction of sp³-hybridized carbons (Fsp3) is 0.333. The molecule has 2 heterocycles. The molecule has 1 aliphatic heterocycles. The number of sulfone groups is 1. The van der Waals surface area contributed by atoms with Crippen LogP contribution in [0, 0.1) is 12.7 Å². The lowest BCUT2D eigenvalue weighted by atomic mass is 10.0. The fourth-order valence-corrected chi connectivity index (χ4v) is 5.78. The van der Waals surface area contributed by atoms with Crippen LogP contribution in [-0.2, 0) is 9.84 Å². The van der Waals surface area contributed by atoms with Gasteiger partial charge in [-0.3, -0.25) is 4.79 Å². The fourth-order valence-electron chi connectivity index (χ4n) is 4.05. The minimum atomic E-state index is -3.13. The molecule has 1 aromatic heterocycles. The number of carbonyl (C=O) groups excluding carboxylic acids is 1. The first-order valence-corrected chi connectivity index (χ1v) is 12.5. The predicted molar refractivity (Wildman–Crippen MR) is 122 cm³/mol. The van der Waals surface area contributed by atoms with Crippen molar-refractivity contribution < 1.29 is 17.6 Å². The first-order chi connectivity index (χ1) is 15.3. The number of nitrogens with zero attached hydrogens (tertiary/aromatic N) is 3. The summed E-state index contributed by atoms with van der Waals surface area (Å²) >= 11 is 0. The standard InChI is InChI=1S/C24H26FN3O3S/c1-3-13-27(21-12-14-32(30,31)16-21)24(29)22-15-28(20-10-8-19(25)9-11-20)26-23(22)18-6-4-17(2)5-7-18/h4-11,15,21H,3,12-14,16H2,1-2H3. The van der Waals surface area contributed by atoms with Gasteiger partial charge in [0.05, 0.1) is 22.8 Å². The minimum Gasteiger partial charge on any atom is -0.335 e. The second kappa shape index (κ2) is 8.86. The molecular weight excluding hydrogens is 429 g/mol. The van der Waals surface area contributed by atoms with Crippen LogP contribution in [0.4, 0.5) is 4.39 Å². The first-order valence-electron chi connectivity index (χ1n) is 10.7. The normalized spacial score (nSPS) is 17.4. The Hall–Kier alpha value is -3.00. The number of hydrogen-bond acceptors (Lipinski definition) is 4. The molecule has 1 fully saturated rings. The van der Waals surface area contributed by atoms with Gasteiger partial charge in [0.1, 0.15) is 11.5 Å². The van der Waals surface area contributed by atoms with Crippen molar-refractivity contribution in [1.29, 1.82) is 0 Å². The molecule has 1 saturated heterocycles. The van der Waals surface area contributed by atoms with E-state index >= 15 is 0 Å². The van der Waals surface area contributed by atoms with Gasteiger partial charge in [-0.15, -0.1) is 0 Å². The molecule has 32 heavy (non-hydrogen) atoms. The third-order valence-electron chi connectivity index (χ3n) is 5.74. The van der Waals surface area contributed by atoms with Crippen LogP contribution in [-0.4, -0.2) is 53.1 Å². The van der Waals surface area contributed by atoms with E-state index in [1.54, 1.807) is 27.9 Å². The van der Waals surface area contributed by atoms with E-state index in [4.69, 9.17) is 0 Å². The highest BCUT2D eigenvalue weighted by molar-refractivity contribution is 7.91. The van der Waals surface area contributed by atoms with Gasteiger partial charge in [0, 0.05) is 24.3 Å². The summed E-state index contributed by atoms with van der Waals surface area (Å²) in [5.41, 5.74) is 3.42. The van der Waals surface area contributed by atoms with Crippen LogP contribution in [0.15, 0.2) is 54.7 Å². The lowest BCUT2D eigenvalue weighted by molar-refractivity contribution is 0.0698. The van der Waals surface area contributed by atoms with Gasteiger partial charge in [0.25, 0.3) is 5.91 Å². The first kappa shape index (κ1) is 22.2. The van der Waals surface area contributed by atoms with Crippen molar-refractivity contribution in [2.24, 2.45) is 0 Å². The molecule has 1 unspecified atom stereocenters. The molecule has 0 radical (unpaired) electrons. The molecule has 8 heteroatoms. The van der Waals surface area contributed by atoms with Gasteiger partial charge in [0.2, 0.25) is 0 Å². The molecule has 0 spiro atoms. The van der Waals surface area contributed by atoms with Crippen LogP contribution < -0.4 is 0 Å². The molecule has 0 saturated carbocycles. The Labute approximate surface area is 187 Å². The smallest absolute Gasteiger partial charge is 0.257 e. The summed E-state index contributed by atoms with van der Waals surface area (Å²) in [5.74, 6) is -0.499. The van der Waals surface area contributed by atoms with Crippen LogP contribution in [0.25, 0.3) is 16.9 Å². The van der Waals surface area contributed by atoms with Crippen molar-refractivity contribution in [2.75, 3.05) is 18.1 Å². The number of carbonyl (C=O) groups is 1. The zero-order valence-electron chi connectivity index (χ0n) is 18.2. The monoisotopic (exact) mass is 455 g/mol. The molecule has 3 aromatic rings. The summed E-state index contributed by atoms with van der Waals surface area (Å²) in [6.07, 6.45) is 2.81. The van der Waals surface area contributed by atoms with E-state index in [1.165, 1.54) is 12.1 Å². The van der Waals surface area contributed by atoms with Crippen LogP contribution in [0.3, 0.4) is 0 Å². The van der Waals surface area contributed by atoms with Crippen molar-refractivity contribution >= 4 is 15.7 Å². The molecule has 2 aromatic carbocycles. The zero-order valence-corrected chi connectivity index (χ0v) is 19.0. The lowest BCUT2D eigenvalue weighted by Gasteiger charge is -2.27. The van der Waals surface area contributed by atoms with E-state index in [0.29, 0.717) is 36.3 Å². The zero-order chi connectivity index (χ0) is 22.9. The summed E-state index contributed by atoms with van der Waals surface area (Å²) in [6, 6.07) is 13.3. The number of halogens is 1. The SMILES string of the molecule is CCCN(C(=O)c1cn(-c2ccc(F)cc2)nc1-c1ccc(C)cc1)C1CCS(=O)(=O)C1. The van der Waals surface area contributed by atoms with E-state index in [2.05, 4.69) is 5.10 Å². The molecule has 0 N–H and O–H groups in total. The number of aromatic nitrogens is 2. The van der Waals surface area contributed by atoms with Crippen molar-refractivity contribution in [1.82, 2.24) is 14.7 Å². The Kier molecular flexibility index (Phi) is 6.15. The summed E-state index contributed by atoms with van der Waals surface area (Å²) < 4.78 is 39.1. The number of amides is 1. The van der Waals surface area contributed by atoms with Crippen molar-refractivity contribution in [2.45, 2.75) is 32.7 Å². The molecule has 6 nitrogen and oxygen atoms in total. The summed E-state index contributed by atoms with van der Waals surface area (Å²) in [5, 5.41) is 4.66. The highest BCUT2D eigenvalue weighted by Gasteiger charge is 2.36. The average molecular weight is 456 g/mol. The minimum absolute atomic E-state index is 0.00922. The van der Waals surface area contributed by atoms with Crippen LogP contribution in [0.1, 0.15) is 35.7 Å². The maximum Gasteiger partial charge on any atom is 0.257 e. The van der Waals surface area contributed by atoms with E-state index < -0.39 is 9.84 Å². The van der Waals surface area contributed by atoms with Gasteiger partial charge in [-0.2, -0.15) is 5.10 Å². The number of rotatable bonds is 6. The lowest BCUT2D eigenvalue weighted by Crippen LogP contribution is -2.41. The Bertz CT molecular complexity index is 1220. The van der Waals surface area contributed by atoms with E-state index in [9.17, 15) is 17.6 Å². The third kappa shape index (κ3) is 4.60. The third-order valence-corrected chi connectivity index (χ3v) is 7.49. The second-order valence-electron chi connectivity index (χ2n) is 8.23. The highest BCUT2D eigenvalue weighted by atomic mass is 32.2. The largest absolute Gasteiger partial charge is 0.335 e. The second-order valence-corrected chi connectivity index (χ2v) is 10.5. The van der Waals surface area contributed by atoms with E-state index in [0.717, 1.165) is 11.1 Å². The number of hydrogen-bond donors (Lipinski definition) is 0. The highest BCUT2D eigenvalue weighted by Crippen LogP contribution is 2.28. The Morgan fingerprint density at radius 3 is 2.44 bits per heavy atom. The van der Waals surface area contributed by atoms with Crippen molar-refractivity contribution in [3.05, 3.63) is 71.7 Å². The summed E-state index contributed by atoms with van der Waals surface area (Å²) in [4.78, 5) is 15.4. The Balaban J connectivity index is 1.78. The van der Waals surface area contributed by atoms with Crippen molar-refractivity contribution in [3.63, 3.8) is 0 Å². The van der Waals surface area contributed by atoms with Crippen LogP contribution in [0.5, 0.6) is 0 Å². The number of benzene rings is 2. The van der Waals surface area contributed by atoms with E-state index in [-0.39, 0.29) is 29.3 Å². The summed E-state index contributed by atoms with van der Waals surface area (Å²) in [7, 11) is -3.13. The van der Waals surface area contributed by atoms with E-state index in [1.807, 2.05) is 38.1 Å². The quantitative estimate of drug-likeness (QED) is 0.563. The summed E-state index contributed by atoms with van der Waals surface area (Å²) in [6.45, 7) is 4.41. The molecule has 1 amide bonds. The predicted octanol–water partition coefficient (Wildman–Crippen LogP) is 4.03. The maximum atomic E-state index is 13.7.